The van der Waals surface area contributed by atoms with Crippen molar-refractivity contribution in [3.8, 4) is 11.1 Å². The molecule has 0 aliphatic heterocycles. The summed E-state index contributed by atoms with van der Waals surface area (Å²) in [7, 11) is 0. The number of anilines is 3. The Morgan fingerprint density at radius 2 is 1.02 bits per heavy atom. The first-order chi connectivity index (χ1) is 22.5. The summed E-state index contributed by atoms with van der Waals surface area (Å²) < 4.78 is 2.45. The van der Waals surface area contributed by atoms with Gasteiger partial charge in [-0.15, -0.1) is 0 Å². The molecule has 7 aromatic carbocycles. The van der Waals surface area contributed by atoms with Crippen molar-refractivity contribution in [1.82, 2.24) is 4.40 Å². The van der Waals surface area contributed by atoms with E-state index in [1.807, 2.05) is 0 Å². The van der Waals surface area contributed by atoms with Crippen LogP contribution >= 0.6 is 0 Å². The summed E-state index contributed by atoms with van der Waals surface area (Å²) >= 11 is 0. The molecule has 220 valence electrons. The van der Waals surface area contributed by atoms with Crippen LogP contribution in [0, 0.1) is 0 Å². The molecule has 0 unspecified atom stereocenters. The molecule has 2 aromatic heterocycles. The summed E-state index contributed by atoms with van der Waals surface area (Å²) in [5, 5.41) is 7.57. The fourth-order valence-corrected chi connectivity index (χ4v) is 7.36. The Balaban J connectivity index is 1.41. The lowest BCUT2D eigenvalue weighted by atomic mass is 9.87. The van der Waals surface area contributed by atoms with Crippen LogP contribution in [0.2, 0.25) is 0 Å². The first-order valence-electron chi connectivity index (χ1n) is 16.1. The van der Waals surface area contributed by atoms with Gasteiger partial charge < -0.3 is 9.30 Å². The molecule has 0 radical (unpaired) electrons. The minimum atomic E-state index is 0.0673. The molecule has 0 aliphatic rings. The largest absolute Gasteiger partial charge is 0.310 e. The molecule has 0 saturated carbocycles. The molecule has 9 rings (SSSR count). The molecule has 0 atom stereocenters. The number of hydrogen-bond acceptors (Lipinski definition) is 1. The zero-order valence-corrected chi connectivity index (χ0v) is 26.3. The number of aromatic nitrogens is 1. The Labute approximate surface area is 269 Å². The van der Waals surface area contributed by atoms with E-state index in [0.717, 1.165) is 17.1 Å². The van der Waals surface area contributed by atoms with E-state index in [1.165, 1.54) is 65.6 Å². The van der Waals surface area contributed by atoms with Crippen molar-refractivity contribution in [2.45, 2.75) is 26.2 Å². The van der Waals surface area contributed by atoms with Crippen molar-refractivity contribution in [1.29, 1.82) is 0 Å². The van der Waals surface area contributed by atoms with Crippen molar-refractivity contribution in [3.05, 3.63) is 157 Å². The van der Waals surface area contributed by atoms with E-state index >= 15 is 0 Å². The zero-order chi connectivity index (χ0) is 31.0. The van der Waals surface area contributed by atoms with Gasteiger partial charge in [0.15, 0.2) is 0 Å². The maximum absolute atomic E-state index is 2.48. The summed E-state index contributed by atoms with van der Waals surface area (Å²) in [4.78, 5) is 2.48. The van der Waals surface area contributed by atoms with Gasteiger partial charge in [0.1, 0.15) is 0 Å². The van der Waals surface area contributed by atoms with Gasteiger partial charge >= 0.3 is 0 Å². The minimum Gasteiger partial charge on any atom is -0.310 e. The molecule has 0 N–H and O–H groups in total. The second kappa shape index (κ2) is 9.95. The molecular weight excluding hydrogens is 556 g/mol. The van der Waals surface area contributed by atoms with Crippen molar-refractivity contribution in [2.24, 2.45) is 0 Å². The number of rotatable bonds is 4. The monoisotopic (exact) mass is 590 g/mol. The van der Waals surface area contributed by atoms with Crippen LogP contribution in [0.15, 0.2) is 152 Å². The Kier molecular flexibility index (Phi) is 5.79. The van der Waals surface area contributed by atoms with E-state index in [9.17, 15) is 0 Å². The van der Waals surface area contributed by atoms with Gasteiger partial charge in [-0.3, -0.25) is 0 Å². The van der Waals surface area contributed by atoms with Gasteiger partial charge in [0.05, 0.1) is 22.2 Å². The van der Waals surface area contributed by atoms with E-state index in [2.05, 4.69) is 182 Å². The third-order valence-electron chi connectivity index (χ3n) is 9.63. The van der Waals surface area contributed by atoms with Crippen LogP contribution in [0.1, 0.15) is 26.3 Å². The molecule has 0 bridgehead atoms. The van der Waals surface area contributed by atoms with E-state index < -0.39 is 0 Å². The number of hydrogen-bond donors (Lipinski definition) is 0. The Hall–Kier alpha value is -5.60. The van der Waals surface area contributed by atoms with Gasteiger partial charge in [-0.05, 0) is 75.8 Å². The van der Waals surface area contributed by atoms with Gasteiger partial charge in [-0.1, -0.05) is 124 Å². The third kappa shape index (κ3) is 4.03. The van der Waals surface area contributed by atoms with Gasteiger partial charge in [-0.2, -0.15) is 0 Å². The fourth-order valence-electron chi connectivity index (χ4n) is 7.36. The second-order valence-corrected chi connectivity index (χ2v) is 13.5. The average molecular weight is 591 g/mol. The highest BCUT2D eigenvalue weighted by Crippen LogP contribution is 2.47. The number of para-hydroxylation sites is 2. The predicted molar refractivity (Wildman–Crippen MR) is 197 cm³/mol. The first-order valence-corrected chi connectivity index (χ1v) is 16.1. The van der Waals surface area contributed by atoms with Crippen LogP contribution in [-0.4, -0.2) is 4.40 Å². The van der Waals surface area contributed by atoms with Crippen LogP contribution in [0.4, 0.5) is 17.1 Å². The summed E-state index contributed by atoms with van der Waals surface area (Å²) in [6.45, 7) is 6.83. The lowest BCUT2D eigenvalue weighted by Gasteiger charge is -2.29. The van der Waals surface area contributed by atoms with Gasteiger partial charge in [0.25, 0.3) is 0 Å². The molecule has 46 heavy (non-hydrogen) atoms. The van der Waals surface area contributed by atoms with Gasteiger partial charge in [0.2, 0.25) is 0 Å². The van der Waals surface area contributed by atoms with Crippen LogP contribution in [0.3, 0.4) is 0 Å². The smallest absolute Gasteiger partial charge is 0.0622 e. The van der Waals surface area contributed by atoms with E-state index in [0.29, 0.717) is 0 Å². The molecule has 0 aliphatic carbocycles. The average Bonchev–Trinajstić information content (AvgIpc) is 3.60. The highest BCUT2D eigenvalue weighted by Gasteiger charge is 2.24. The predicted octanol–water partition coefficient (Wildman–Crippen LogP) is 12.4. The lowest BCUT2D eigenvalue weighted by Crippen LogP contribution is -2.14. The van der Waals surface area contributed by atoms with E-state index in [1.54, 1.807) is 0 Å². The molecule has 0 saturated heterocycles. The minimum absolute atomic E-state index is 0.0673. The summed E-state index contributed by atoms with van der Waals surface area (Å²) in [6, 6.07) is 55.9. The molecule has 2 heteroatoms. The van der Waals surface area contributed by atoms with Crippen molar-refractivity contribution >= 4 is 65.9 Å². The molecule has 9 aromatic rings. The van der Waals surface area contributed by atoms with Crippen molar-refractivity contribution in [3.63, 3.8) is 0 Å². The molecule has 0 spiro atoms. The molecule has 2 nitrogen and oxygen atoms in total. The maximum Gasteiger partial charge on any atom is 0.0622 e. The topological polar surface area (TPSA) is 7.65 Å². The van der Waals surface area contributed by atoms with Crippen LogP contribution in [0.25, 0.3) is 60.0 Å². The fraction of sp³-hybridized carbons (Fsp3) is 0.0909. The van der Waals surface area contributed by atoms with Gasteiger partial charge in [-0.25, -0.2) is 0 Å². The lowest BCUT2D eigenvalue weighted by molar-refractivity contribution is 0.590. The Morgan fingerprint density at radius 1 is 0.478 bits per heavy atom. The second-order valence-electron chi connectivity index (χ2n) is 13.5. The third-order valence-corrected chi connectivity index (χ3v) is 9.63. The number of nitrogens with zero attached hydrogens (tertiary/aromatic N) is 2. The summed E-state index contributed by atoms with van der Waals surface area (Å²) in [5.41, 5.74) is 11.0. The van der Waals surface area contributed by atoms with E-state index in [4.69, 9.17) is 0 Å². The SMILES string of the molecule is CC(C)(C)c1ccc(N(c2cc3c4ccccc4n4c5ccccc5c(c2)c34)c2cc3ccccc3cc2-c2ccccc2)cc1. The van der Waals surface area contributed by atoms with E-state index in [-0.39, 0.29) is 5.41 Å². The van der Waals surface area contributed by atoms with Crippen LogP contribution < -0.4 is 4.90 Å². The maximum atomic E-state index is 2.48. The van der Waals surface area contributed by atoms with Crippen molar-refractivity contribution in [2.75, 3.05) is 4.90 Å². The highest BCUT2D eigenvalue weighted by atomic mass is 15.1. The zero-order valence-electron chi connectivity index (χ0n) is 26.3. The van der Waals surface area contributed by atoms with Gasteiger partial charge in [0, 0.05) is 38.5 Å². The Bertz CT molecular complexity index is 2460. The summed E-state index contributed by atoms with van der Waals surface area (Å²) in [6.07, 6.45) is 0. The molecule has 2 heterocycles. The number of benzene rings is 7. The number of fused-ring (bicyclic) bond motifs is 7. The Morgan fingerprint density at radius 3 is 1.63 bits per heavy atom. The van der Waals surface area contributed by atoms with Crippen LogP contribution in [-0.2, 0) is 5.41 Å². The first kappa shape index (κ1) is 26.8. The summed E-state index contributed by atoms with van der Waals surface area (Å²) in [5.74, 6) is 0. The van der Waals surface area contributed by atoms with Crippen LogP contribution in [0.5, 0.6) is 0 Å². The molecule has 0 fully saturated rings. The molecule has 0 amide bonds. The van der Waals surface area contributed by atoms with Crippen molar-refractivity contribution < 1.29 is 0 Å². The molecular formula is C44H34N2. The highest BCUT2D eigenvalue weighted by molar-refractivity contribution is 6.24. The normalized spacial score (nSPS) is 12.2. The standard InChI is InChI=1S/C44H34N2/c1-44(2,3)32-21-23-33(24-22-32)45(42-26-31-16-8-7-15-30(31)25-37(42)29-13-5-4-6-14-29)34-27-38-35-17-9-11-19-40(35)46-41-20-12-10-18-36(41)39(28-34)43(38)46/h4-28H,1-3H3. The quantitative estimate of drug-likeness (QED) is 0.198.